The molecule has 0 radical (unpaired) electrons. The number of hydrogen-bond acceptors (Lipinski definition) is 2. The Morgan fingerprint density at radius 3 is 2.69 bits per heavy atom. The molecule has 0 bridgehead atoms. The summed E-state index contributed by atoms with van der Waals surface area (Å²) in [7, 11) is 0. The van der Waals surface area contributed by atoms with Crippen molar-refractivity contribution in [3.8, 4) is 0 Å². The SMILES string of the molecule is NCc1c(Cl)cc(I)nc1C(F)F. The van der Waals surface area contributed by atoms with Crippen LogP contribution in [0.15, 0.2) is 6.07 Å². The van der Waals surface area contributed by atoms with Gasteiger partial charge >= 0.3 is 0 Å². The quantitative estimate of drug-likeness (QED) is 0.673. The van der Waals surface area contributed by atoms with Crippen LogP contribution in [0.3, 0.4) is 0 Å². The molecule has 0 saturated heterocycles. The van der Waals surface area contributed by atoms with Crippen molar-refractivity contribution >= 4 is 34.2 Å². The molecular weight excluding hydrogens is 312 g/mol. The number of aromatic nitrogens is 1. The van der Waals surface area contributed by atoms with Crippen LogP contribution in [-0.4, -0.2) is 4.98 Å². The molecule has 0 amide bonds. The van der Waals surface area contributed by atoms with Gasteiger partial charge < -0.3 is 5.73 Å². The molecule has 1 rings (SSSR count). The van der Waals surface area contributed by atoms with Gasteiger partial charge in [0.05, 0.1) is 0 Å². The second-order valence-corrected chi connectivity index (χ2v) is 3.81. The van der Waals surface area contributed by atoms with E-state index in [0.717, 1.165) is 0 Å². The van der Waals surface area contributed by atoms with E-state index in [2.05, 4.69) is 4.98 Å². The summed E-state index contributed by atoms with van der Waals surface area (Å²) in [6.07, 6.45) is -2.63. The van der Waals surface area contributed by atoms with Gasteiger partial charge in [-0.2, -0.15) is 0 Å². The minimum atomic E-state index is -2.63. The van der Waals surface area contributed by atoms with Crippen molar-refractivity contribution in [2.45, 2.75) is 13.0 Å². The predicted molar refractivity (Wildman–Crippen MR) is 54.8 cm³/mol. The van der Waals surface area contributed by atoms with Gasteiger partial charge in [0, 0.05) is 17.1 Å². The van der Waals surface area contributed by atoms with Crippen molar-refractivity contribution in [2.24, 2.45) is 5.73 Å². The van der Waals surface area contributed by atoms with Crippen LogP contribution in [0.2, 0.25) is 5.02 Å². The molecule has 1 heterocycles. The highest BCUT2D eigenvalue weighted by Crippen LogP contribution is 2.27. The Hall–Kier alpha value is -0.0100. The van der Waals surface area contributed by atoms with Crippen LogP contribution in [0.4, 0.5) is 8.78 Å². The second-order valence-electron chi connectivity index (χ2n) is 2.30. The normalized spacial score (nSPS) is 10.9. The fourth-order valence-electron chi connectivity index (χ4n) is 0.911. The first-order valence-electron chi connectivity index (χ1n) is 3.39. The Morgan fingerprint density at radius 2 is 2.23 bits per heavy atom. The van der Waals surface area contributed by atoms with Crippen LogP contribution in [0.1, 0.15) is 17.7 Å². The maximum atomic E-state index is 12.4. The van der Waals surface area contributed by atoms with E-state index in [4.69, 9.17) is 17.3 Å². The van der Waals surface area contributed by atoms with E-state index in [0.29, 0.717) is 3.70 Å². The van der Waals surface area contributed by atoms with Crippen LogP contribution >= 0.6 is 34.2 Å². The van der Waals surface area contributed by atoms with Crippen molar-refractivity contribution in [2.75, 3.05) is 0 Å². The first-order valence-corrected chi connectivity index (χ1v) is 4.85. The van der Waals surface area contributed by atoms with Gasteiger partial charge in [-0.1, -0.05) is 11.6 Å². The van der Waals surface area contributed by atoms with Crippen LogP contribution in [0.25, 0.3) is 0 Å². The monoisotopic (exact) mass is 318 g/mol. The van der Waals surface area contributed by atoms with Gasteiger partial charge in [0.25, 0.3) is 6.43 Å². The molecule has 0 aliphatic heterocycles. The van der Waals surface area contributed by atoms with E-state index in [1.54, 1.807) is 0 Å². The van der Waals surface area contributed by atoms with Gasteiger partial charge in [0.1, 0.15) is 9.39 Å². The average Bonchev–Trinajstić information content (AvgIpc) is 2.02. The number of pyridine rings is 1. The van der Waals surface area contributed by atoms with E-state index >= 15 is 0 Å². The molecule has 0 aromatic carbocycles. The molecule has 0 saturated carbocycles. The third-order valence-electron chi connectivity index (χ3n) is 1.48. The van der Waals surface area contributed by atoms with Crippen LogP contribution < -0.4 is 5.73 Å². The molecule has 0 aliphatic carbocycles. The largest absolute Gasteiger partial charge is 0.326 e. The fraction of sp³-hybridized carbons (Fsp3) is 0.286. The standard InChI is InChI=1S/C7H6ClF2IN2/c8-4-1-5(11)13-6(7(9)10)3(4)2-12/h1,7H,2,12H2. The number of nitrogens with two attached hydrogens (primary N) is 1. The first kappa shape index (κ1) is 11.1. The minimum absolute atomic E-state index is 0.0254. The molecule has 13 heavy (non-hydrogen) atoms. The molecule has 1 aromatic heterocycles. The molecular formula is C7H6ClF2IN2. The number of hydrogen-bond donors (Lipinski definition) is 1. The highest BCUT2D eigenvalue weighted by Gasteiger charge is 2.17. The number of rotatable bonds is 2. The van der Waals surface area contributed by atoms with Crippen LogP contribution in [0, 0.1) is 3.70 Å². The molecule has 2 N–H and O–H groups in total. The molecule has 2 nitrogen and oxygen atoms in total. The van der Waals surface area contributed by atoms with Gasteiger partial charge in [0.15, 0.2) is 0 Å². The minimum Gasteiger partial charge on any atom is -0.326 e. The van der Waals surface area contributed by atoms with Gasteiger partial charge in [0.2, 0.25) is 0 Å². The Bertz CT molecular complexity index is 320. The molecule has 1 aromatic rings. The second kappa shape index (κ2) is 4.47. The number of alkyl halides is 2. The zero-order valence-electron chi connectivity index (χ0n) is 6.40. The lowest BCUT2D eigenvalue weighted by molar-refractivity contribution is 0.144. The summed E-state index contributed by atoms with van der Waals surface area (Å²) < 4.78 is 25.2. The Morgan fingerprint density at radius 1 is 1.62 bits per heavy atom. The van der Waals surface area contributed by atoms with Crippen LogP contribution in [-0.2, 0) is 6.54 Å². The zero-order chi connectivity index (χ0) is 10.0. The van der Waals surface area contributed by atoms with Crippen LogP contribution in [0.5, 0.6) is 0 Å². The Kier molecular flexibility index (Phi) is 3.81. The number of halogens is 4. The molecule has 72 valence electrons. The average molecular weight is 318 g/mol. The van der Waals surface area contributed by atoms with Crippen molar-refractivity contribution in [1.29, 1.82) is 0 Å². The summed E-state index contributed by atoms with van der Waals surface area (Å²) in [5.41, 5.74) is 5.18. The van der Waals surface area contributed by atoms with Gasteiger partial charge in [-0.15, -0.1) is 0 Å². The summed E-state index contributed by atoms with van der Waals surface area (Å²) in [5, 5.41) is 0.247. The maximum Gasteiger partial charge on any atom is 0.280 e. The lowest BCUT2D eigenvalue weighted by Gasteiger charge is -2.08. The molecule has 0 aliphatic rings. The molecule has 6 heteroatoms. The molecule has 0 unspecified atom stereocenters. The van der Waals surface area contributed by atoms with E-state index < -0.39 is 6.43 Å². The van der Waals surface area contributed by atoms with Crippen molar-refractivity contribution < 1.29 is 8.78 Å². The number of nitrogens with zero attached hydrogens (tertiary/aromatic N) is 1. The predicted octanol–water partition coefficient (Wildman–Crippen LogP) is 2.74. The third kappa shape index (κ3) is 2.47. The van der Waals surface area contributed by atoms with E-state index in [1.807, 2.05) is 22.6 Å². The first-order chi connectivity index (χ1) is 6.06. The van der Waals surface area contributed by atoms with Gasteiger partial charge in [-0.3, -0.25) is 0 Å². The Balaban J connectivity index is 3.29. The maximum absolute atomic E-state index is 12.4. The highest BCUT2D eigenvalue weighted by molar-refractivity contribution is 14.1. The van der Waals surface area contributed by atoms with Crippen molar-refractivity contribution in [3.63, 3.8) is 0 Å². The lowest BCUT2D eigenvalue weighted by Crippen LogP contribution is -2.06. The topological polar surface area (TPSA) is 38.9 Å². The molecule has 0 spiro atoms. The smallest absolute Gasteiger partial charge is 0.280 e. The lowest BCUT2D eigenvalue weighted by atomic mass is 10.2. The molecule has 0 fully saturated rings. The van der Waals surface area contributed by atoms with E-state index in [9.17, 15) is 8.78 Å². The summed E-state index contributed by atoms with van der Waals surface area (Å²) in [4.78, 5) is 3.68. The fourth-order valence-corrected chi connectivity index (χ4v) is 1.94. The highest BCUT2D eigenvalue weighted by atomic mass is 127. The van der Waals surface area contributed by atoms with Gasteiger partial charge in [-0.05, 0) is 28.7 Å². The van der Waals surface area contributed by atoms with Crippen molar-refractivity contribution in [1.82, 2.24) is 4.98 Å². The zero-order valence-corrected chi connectivity index (χ0v) is 9.31. The Labute approximate surface area is 92.6 Å². The van der Waals surface area contributed by atoms with E-state index in [1.165, 1.54) is 6.07 Å². The summed E-state index contributed by atoms with van der Waals surface area (Å²) >= 11 is 7.55. The third-order valence-corrected chi connectivity index (χ3v) is 2.37. The van der Waals surface area contributed by atoms with Crippen molar-refractivity contribution in [3.05, 3.63) is 26.0 Å². The van der Waals surface area contributed by atoms with E-state index in [-0.39, 0.29) is 22.8 Å². The summed E-state index contributed by atoms with van der Waals surface area (Å²) in [6, 6.07) is 1.51. The summed E-state index contributed by atoms with van der Waals surface area (Å²) in [6.45, 7) is -0.0254. The molecule has 0 atom stereocenters. The van der Waals surface area contributed by atoms with Gasteiger partial charge in [-0.25, -0.2) is 13.8 Å². The summed E-state index contributed by atoms with van der Waals surface area (Å²) in [5.74, 6) is 0.